The van der Waals surface area contributed by atoms with E-state index in [2.05, 4.69) is 5.32 Å². The highest BCUT2D eigenvalue weighted by Gasteiger charge is 2.51. The number of phenols is 2. The fraction of sp³-hybridized carbons (Fsp3) is 0.468. The molecule has 340 valence electrons. The normalized spacial score (nSPS) is 30.4. The van der Waals surface area contributed by atoms with Crippen LogP contribution in [0.2, 0.25) is 0 Å². The molecule has 4 aliphatic rings. The zero-order chi connectivity index (χ0) is 46.7. The Kier molecular flexibility index (Phi) is 15.1. The Bertz CT molecular complexity index is 2280. The number of aliphatic hydroxyl groups excluding tert-OH is 2. The molecule has 2 aromatic rings. The Hall–Kier alpha value is -5.81. The molecule has 2 aromatic carbocycles. The van der Waals surface area contributed by atoms with Gasteiger partial charge in [-0.1, -0.05) is 52.0 Å². The number of para-hydroxylation sites is 1. The number of aliphatic imine (C=N–C) groups is 1. The number of carbonyl (C=O) groups excluding carboxylic acids is 4. The summed E-state index contributed by atoms with van der Waals surface area (Å²) in [4.78, 5) is 61.8. The highest BCUT2D eigenvalue weighted by molar-refractivity contribution is 6.32. The standard InChI is InChI=1S/C47H59N3O13/c1-23-14-12-15-24(2)46(58)49-31-22-30(48-38-32(52)16-13-17-34(38)60-21-19-50(9)10)35-36(42(31)56)41(55)28(6)44-37(35)45(57)47(8,63-44)61-20-18-33(59-11)25(3)43(62-29(7)51)27(5)40(54)26(4)39(23)53/h12-18,20,22-23,25-27,33,39-40,43,52-55H,19,21H2,1-11H3,(H,49,58)/b14-12+,20-18+,24-15-,48-30?/t23-,25+,26+,27+,33-,39-,40+,43+,47-/m0/s1. The summed E-state index contributed by atoms with van der Waals surface area (Å²) in [5.41, 5.74) is -0.888. The van der Waals surface area contributed by atoms with E-state index in [-0.39, 0.29) is 68.8 Å². The average molecular weight is 874 g/mol. The number of hydrogen-bond donors (Lipinski definition) is 5. The first-order valence-corrected chi connectivity index (χ1v) is 20.8. The summed E-state index contributed by atoms with van der Waals surface area (Å²) in [7, 11) is 5.17. The number of nitrogens with zero attached hydrogens (tertiary/aromatic N) is 2. The second-order valence-corrected chi connectivity index (χ2v) is 16.8. The van der Waals surface area contributed by atoms with E-state index in [0.717, 1.165) is 0 Å². The van der Waals surface area contributed by atoms with Crippen molar-refractivity contribution in [2.45, 2.75) is 85.6 Å². The number of hydrogen-bond acceptors (Lipinski definition) is 15. The van der Waals surface area contributed by atoms with E-state index in [1.807, 2.05) is 19.0 Å². The van der Waals surface area contributed by atoms with Gasteiger partial charge in [0.1, 0.15) is 41.4 Å². The van der Waals surface area contributed by atoms with Crippen molar-refractivity contribution in [3.8, 4) is 23.0 Å². The molecule has 1 amide bonds. The van der Waals surface area contributed by atoms with Crippen molar-refractivity contribution in [3.63, 3.8) is 0 Å². The number of methoxy groups -OCH3 is 1. The van der Waals surface area contributed by atoms with Gasteiger partial charge in [-0.2, -0.15) is 0 Å². The summed E-state index contributed by atoms with van der Waals surface area (Å²) < 4.78 is 29.8. The van der Waals surface area contributed by atoms with Crippen LogP contribution in [0.5, 0.6) is 23.0 Å². The number of aliphatic hydroxyl groups is 2. The van der Waals surface area contributed by atoms with Gasteiger partial charge in [0, 0.05) is 67.9 Å². The molecular formula is C47H59N3O13. The maximum Gasteiger partial charge on any atom is 0.312 e. The van der Waals surface area contributed by atoms with Crippen LogP contribution in [0.1, 0.15) is 80.3 Å². The Morgan fingerprint density at radius 3 is 2.32 bits per heavy atom. The molecule has 0 spiro atoms. The summed E-state index contributed by atoms with van der Waals surface area (Å²) in [6, 6.07) is 4.55. The molecule has 0 saturated carbocycles. The maximum absolute atomic E-state index is 14.7. The third-order valence-corrected chi connectivity index (χ3v) is 11.8. The van der Waals surface area contributed by atoms with Crippen molar-refractivity contribution in [1.82, 2.24) is 10.2 Å². The fourth-order valence-corrected chi connectivity index (χ4v) is 7.92. The van der Waals surface area contributed by atoms with Crippen molar-refractivity contribution in [3.05, 3.63) is 88.4 Å². The van der Waals surface area contributed by atoms with Gasteiger partial charge in [-0.25, -0.2) is 4.99 Å². The number of allylic oxidation sites excluding steroid dienone is 4. The minimum absolute atomic E-state index is 0.0291. The van der Waals surface area contributed by atoms with E-state index in [9.17, 15) is 39.6 Å². The number of Topliss-reactive ketones (excluding diaryl/α,β-unsaturated/α-hetero) is 2. The molecular weight excluding hydrogens is 815 g/mol. The molecule has 0 aromatic heterocycles. The summed E-state index contributed by atoms with van der Waals surface area (Å²) in [6.07, 6.45) is 4.72. The Morgan fingerprint density at radius 1 is 0.968 bits per heavy atom. The fourth-order valence-electron chi connectivity index (χ4n) is 7.92. The van der Waals surface area contributed by atoms with Crippen molar-refractivity contribution >= 4 is 34.8 Å². The molecule has 9 atom stereocenters. The van der Waals surface area contributed by atoms with Crippen LogP contribution in [0.25, 0.3) is 0 Å². The van der Waals surface area contributed by atoms with Crippen LogP contribution >= 0.6 is 0 Å². The molecule has 3 aliphatic heterocycles. The molecule has 0 unspecified atom stereocenters. The molecule has 16 nitrogen and oxygen atoms in total. The zero-order valence-electron chi connectivity index (χ0n) is 37.6. The van der Waals surface area contributed by atoms with E-state index < -0.39 is 83.1 Å². The Morgan fingerprint density at radius 2 is 1.67 bits per heavy atom. The van der Waals surface area contributed by atoms with Gasteiger partial charge in [-0.05, 0) is 52.2 Å². The number of rotatable bonds is 7. The van der Waals surface area contributed by atoms with Crippen LogP contribution in [-0.4, -0.2) is 119 Å². The molecule has 16 heteroatoms. The minimum atomic E-state index is -2.07. The van der Waals surface area contributed by atoms with Gasteiger partial charge in [0.15, 0.2) is 0 Å². The molecule has 0 saturated heterocycles. The van der Waals surface area contributed by atoms with Crippen LogP contribution in [0.15, 0.2) is 71.1 Å². The van der Waals surface area contributed by atoms with Crippen LogP contribution < -0.4 is 14.8 Å². The van der Waals surface area contributed by atoms with Gasteiger partial charge in [-0.15, -0.1) is 0 Å². The molecule has 1 aliphatic carbocycles. The largest absolute Gasteiger partial charge is 0.507 e. The van der Waals surface area contributed by atoms with Crippen molar-refractivity contribution < 1.29 is 63.3 Å². The first-order chi connectivity index (χ1) is 29.6. The van der Waals surface area contributed by atoms with Crippen molar-refractivity contribution in [1.29, 1.82) is 0 Å². The number of ketones is 2. The predicted molar refractivity (Wildman–Crippen MR) is 233 cm³/mol. The predicted octanol–water partition coefficient (Wildman–Crippen LogP) is 5.21. The van der Waals surface area contributed by atoms with Crippen molar-refractivity contribution in [2.24, 2.45) is 28.7 Å². The van der Waals surface area contributed by atoms with Gasteiger partial charge in [0.05, 0.1) is 47.1 Å². The molecule has 6 rings (SSSR count). The number of carbonyl (C=O) groups is 4. The van der Waals surface area contributed by atoms with Crippen molar-refractivity contribution in [2.75, 3.05) is 34.4 Å². The minimum Gasteiger partial charge on any atom is -0.507 e. The summed E-state index contributed by atoms with van der Waals surface area (Å²) in [5, 5.41) is 48.4. The number of benzene rings is 2. The number of amides is 1. The van der Waals surface area contributed by atoms with Crippen LogP contribution in [0, 0.1) is 30.6 Å². The molecule has 5 N–H and O–H groups in total. The van der Waals surface area contributed by atoms with Crippen LogP contribution in [0.3, 0.4) is 0 Å². The third-order valence-electron chi connectivity index (χ3n) is 11.8. The number of aromatic hydroxyl groups is 2. The smallest absolute Gasteiger partial charge is 0.312 e. The first kappa shape index (κ1) is 48.2. The summed E-state index contributed by atoms with van der Waals surface area (Å²) in [6.45, 7) is 13.2. The second-order valence-electron chi connectivity index (χ2n) is 16.8. The number of fused-ring (bicyclic) bond motifs is 14. The molecule has 5 bridgehead atoms. The Labute approximate surface area is 367 Å². The number of phenolic OH excluding ortho intramolecular Hbond substituents is 2. The Balaban J connectivity index is 1.72. The molecule has 63 heavy (non-hydrogen) atoms. The van der Waals surface area contributed by atoms with E-state index in [4.69, 9.17) is 28.7 Å². The highest BCUT2D eigenvalue weighted by Crippen LogP contribution is 2.49. The maximum atomic E-state index is 14.7. The SMILES string of the molecule is CO[C@H]1/C=C/O[C@@]2(C)Oc3c(C)c(O)c4c(c3C2=O)C(=Nc2c(O)cccc2OCCN(C)C)C=C(NC(=O)/C(C)=C\C=C\[C@H](C)[C@H](O)[C@@H](C)[C@@H](O)[C@@H](C)[C@H](OC(C)=O)[C@@H]1C)C4=O. The average Bonchev–Trinajstić information content (AvgIpc) is 3.49. The zero-order valence-corrected chi connectivity index (χ0v) is 37.6. The van der Waals surface area contributed by atoms with Gasteiger partial charge < -0.3 is 54.3 Å². The topological polar surface area (TPSA) is 223 Å². The number of likely N-dealkylation sites (N-methyl/N-ethyl adjacent to an activating group) is 1. The quantitative estimate of drug-likeness (QED) is 0.225. The summed E-state index contributed by atoms with van der Waals surface area (Å²) >= 11 is 0. The summed E-state index contributed by atoms with van der Waals surface area (Å²) in [5.74, 6) is -8.23. The lowest BCUT2D eigenvalue weighted by molar-refractivity contribution is -0.160. The van der Waals surface area contributed by atoms with Gasteiger partial charge in [0.2, 0.25) is 5.78 Å². The number of esters is 1. The molecule has 3 heterocycles. The molecule has 0 fully saturated rings. The van der Waals surface area contributed by atoms with Crippen LogP contribution in [0.4, 0.5) is 5.69 Å². The second kappa shape index (κ2) is 19.7. The lowest BCUT2D eigenvalue weighted by atomic mass is 9.78. The third kappa shape index (κ3) is 10.0. The van der Waals surface area contributed by atoms with Gasteiger partial charge >= 0.3 is 11.8 Å². The van der Waals surface area contributed by atoms with Gasteiger partial charge in [-0.3, -0.25) is 19.2 Å². The van der Waals surface area contributed by atoms with E-state index >= 15 is 0 Å². The van der Waals surface area contributed by atoms with E-state index in [0.29, 0.717) is 6.54 Å². The number of nitrogens with one attached hydrogen (secondary N) is 1. The van der Waals surface area contributed by atoms with E-state index in [1.54, 1.807) is 52.0 Å². The first-order valence-electron chi connectivity index (χ1n) is 20.8. The van der Waals surface area contributed by atoms with E-state index in [1.165, 1.54) is 65.4 Å². The lowest BCUT2D eigenvalue weighted by Gasteiger charge is -2.38. The highest BCUT2D eigenvalue weighted by atomic mass is 16.7. The van der Waals surface area contributed by atoms with Crippen LogP contribution in [-0.2, 0) is 23.8 Å². The van der Waals surface area contributed by atoms with Gasteiger partial charge in [0.25, 0.3) is 11.7 Å². The number of ether oxygens (including phenoxy) is 5. The monoisotopic (exact) mass is 873 g/mol. The molecule has 0 radical (unpaired) electrons. The lowest BCUT2D eigenvalue weighted by Crippen LogP contribution is -2.46.